The van der Waals surface area contributed by atoms with Crippen molar-refractivity contribution in [3.05, 3.63) is 83.2 Å². The maximum Gasteiger partial charge on any atom is 0.295 e. The largest absolute Gasteiger partial charge is 0.355 e. The molecule has 0 aliphatic carbocycles. The van der Waals surface area contributed by atoms with Gasteiger partial charge in [-0.2, -0.15) is 0 Å². The predicted molar refractivity (Wildman–Crippen MR) is 112 cm³/mol. The molecule has 4 aromatic rings. The normalized spacial score (nSPS) is 10.6. The fraction of sp³-hybridized carbons (Fsp3) is 0.0476. The minimum absolute atomic E-state index is 0.0746. The molecular weight excluding hydrogens is 405 g/mol. The van der Waals surface area contributed by atoms with Crippen LogP contribution in [0.15, 0.2) is 66.0 Å². The highest BCUT2D eigenvalue weighted by Gasteiger charge is 2.21. The average molecular weight is 421 g/mol. The van der Waals surface area contributed by atoms with Crippen molar-refractivity contribution in [2.45, 2.75) is 0 Å². The third kappa shape index (κ3) is 3.83. The highest BCUT2D eigenvalue weighted by atomic mass is 32.1. The number of thiophene rings is 1. The van der Waals surface area contributed by atoms with Gasteiger partial charge in [0.1, 0.15) is 5.82 Å². The summed E-state index contributed by atoms with van der Waals surface area (Å²) in [6, 6.07) is 16.1. The molecule has 0 radical (unpaired) electrons. The molecule has 30 heavy (non-hydrogen) atoms. The van der Waals surface area contributed by atoms with Crippen molar-refractivity contribution in [3.8, 4) is 16.4 Å². The molecule has 2 N–H and O–H groups in total. The molecule has 0 saturated carbocycles. The summed E-state index contributed by atoms with van der Waals surface area (Å²) in [7, 11) is 1.51. The fourth-order valence-corrected chi connectivity index (χ4v) is 3.54. The van der Waals surface area contributed by atoms with Crippen molar-refractivity contribution in [2.75, 3.05) is 12.4 Å². The van der Waals surface area contributed by atoms with Crippen molar-refractivity contribution in [3.63, 3.8) is 0 Å². The average Bonchev–Trinajstić information content (AvgIpc) is 3.44. The number of benzene rings is 2. The maximum absolute atomic E-state index is 13.3. The second-order valence-corrected chi connectivity index (χ2v) is 7.15. The summed E-state index contributed by atoms with van der Waals surface area (Å²) in [4.78, 5) is 30.1. The van der Waals surface area contributed by atoms with Gasteiger partial charge in [-0.1, -0.05) is 18.2 Å². The zero-order chi connectivity index (χ0) is 21.1. The van der Waals surface area contributed by atoms with Gasteiger partial charge in [0.15, 0.2) is 5.82 Å². The van der Waals surface area contributed by atoms with Crippen molar-refractivity contribution in [2.24, 2.45) is 0 Å². The Morgan fingerprint density at radius 2 is 1.77 bits per heavy atom. The van der Waals surface area contributed by atoms with E-state index in [1.54, 1.807) is 36.4 Å². The second kappa shape index (κ2) is 8.26. The number of nitrogens with one attached hydrogen (secondary N) is 2. The van der Waals surface area contributed by atoms with E-state index < -0.39 is 5.91 Å². The summed E-state index contributed by atoms with van der Waals surface area (Å²) < 4.78 is 14.8. The van der Waals surface area contributed by atoms with Gasteiger partial charge in [-0.05, 0) is 47.8 Å². The van der Waals surface area contributed by atoms with E-state index in [9.17, 15) is 14.0 Å². The molecule has 2 aromatic carbocycles. The molecule has 0 aliphatic heterocycles. The van der Waals surface area contributed by atoms with E-state index in [1.165, 1.54) is 35.2 Å². The summed E-state index contributed by atoms with van der Waals surface area (Å²) in [5.41, 5.74) is 1.24. The van der Waals surface area contributed by atoms with Gasteiger partial charge < -0.3 is 10.6 Å². The number of aromatic nitrogens is 3. The molecule has 2 aromatic heterocycles. The van der Waals surface area contributed by atoms with Crippen LogP contribution in [-0.2, 0) is 0 Å². The van der Waals surface area contributed by atoms with Crippen molar-refractivity contribution in [1.82, 2.24) is 20.1 Å². The molecule has 0 unspecified atom stereocenters. The van der Waals surface area contributed by atoms with Crippen LogP contribution in [0.5, 0.6) is 0 Å². The van der Waals surface area contributed by atoms with Crippen molar-refractivity contribution in [1.29, 1.82) is 0 Å². The Morgan fingerprint density at radius 3 is 2.47 bits per heavy atom. The molecule has 2 amide bonds. The first-order valence-electron chi connectivity index (χ1n) is 8.96. The summed E-state index contributed by atoms with van der Waals surface area (Å²) in [5.74, 6) is -0.879. The Balaban J connectivity index is 1.72. The third-order valence-corrected chi connectivity index (χ3v) is 5.14. The Morgan fingerprint density at radius 1 is 1.00 bits per heavy atom. The summed E-state index contributed by atoms with van der Waals surface area (Å²) in [6.45, 7) is 0. The zero-order valence-corrected chi connectivity index (χ0v) is 16.6. The van der Waals surface area contributed by atoms with Crippen LogP contribution >= 0.6 is 11.3 Å². The third-order valence-electron chi connectivity index (χ3n) is 4.27. The molecular formula is C21H16FN5O2S. The highest BCUT2D eigenvalue weighted by Crippen LogP contribution is 2.26. The van der Waals surface area contributed by atoms with E-state index in [1.807, 2.05) is 17.5 Å². The van der Waals surface area contributed by atoms with Crippen LogP contribution in [-0.4, -0.2) is 33.6 Å². The number of rotatable bonds is 5. The number of anilines is 1. The maximum atomic E-state index is 13.3. The number of carbonyl (C=O) groups is 2. The number of halogens is 1. The predicted octanol–water partition coefficient (Wildman–Crippen LogP) is 3.75. The van der Waals surface area contributed by atoms with E-state index >= 15 is 0 Å². The van der Waals surface area contributed by atoms with E-state index in [4.69, 9.17) is 0 Å². The number of hydrogen-bond acceptors (Lipinski definition) is 5. The van der Waals surface area contributed by atoms with Crippen LogP contribution in [0.4, 0.5) is 10.1 Å². The molecule has 2 heterocycles. The van der Waals surface area contributed by atoms with Crippen LogP contribution in [0.3, 0.4) is 0 Å². The van der Waals surface area contributed by atoms with Crippen LogP contribution < -0.4 is 10.6 Å². The number of carbonyl (C=O) groups excluding carboxylic acids is 2. The molecule has 0 fully saturated rings. The lowest BCUT2D eigenvalue weighted by Gasteiger charge is -2.08. The van der Waals surface area contributed by atoms with Crippen LogP contribution in [0, 0.1) is 5.82 Å². The molecule has 150 valence electrons. The van der Waals surface area contributed by atoms with E-state index in [0.29, 0.717) is 22.8 Å². The zero-order valence-electron chi connectivity index (χ0n) is 15.8. The Labute approximate surface area is 175 Å². The molecule has 9 heteroatoms. The number of amides is 2. The molecule has 0 aliphatic rings. The summed E-state index contributed by atoms with van der Waals surface area (Å²) in [5, 5.41) is 11.5. The van der Waals surface area contributed by atoms with Crippen molar-refractivity contribution >= 4 is 28.8 Å². The highest BCUT2D eigenvalue weighted by molar-refractivity contribution is 7.13. The lowest BCUT2D eigenvalue weighted by molar-refractivity contribution is 0.0964. The van der Waals surface area contributed by atoms with E-state index in [0.717, 1.165) is 4.88 Å². The summed E-state index contributed by atoms with van der Waals surface area (Å²) in [6.07, 6.45) is 0. The Hall–Kier alpha value is -3.85. The molecule has 7 nitrogen and oxygen atoms in total. The molecule has 4 rings (SSSR count). The lowest BCUT2D eigenvalue weighted by atomic mass is 10.1. The van der Waals surface area contributed by atoms with Crippen LogP contribution in [0.1, 0.15) is 21.0 Å². The first kappa shape index (κ1) is 19.5. The number of para-hydroxylation sites is 1. The monoisotopic (exact) mass is 421 g/mol. The van der Waals surface area contributed by atoms with Gasteiger partial charge in [0, 0.05) is 7.05 Å². The lowest BCUT2D eigenvalue weighted by Crippen LogP contribution is -2.22. The van der Waals surface area contributed by atoms with E-state index in [2.05, 4.69) is 20.7 Å². The van der Waals surface area contributed by atoms with Gasteiger partial charge in [-0.15, -0.1) is 16.4 Å². The van der Waals surface area contributed by atoms with Crippen molar-refractivity contribution < 1.29 is 14.0 Å². The molecule has 0 saturated heterocycles. The Kier molecular flexibility index (Phi) is 5.36. The Bertz CT molecular complexity index is 1200. The quantitative estimate of drug-likeness (QED) is 0.514. The summed E-state index contributed by atoms with van der Waals surface area (Å²) >= 11 is 1.44. The topological polar surface area (TPSA) is 88.9 Å². The van der Waals surface area contributed by atoms with Crippen LogP contribution in [0.2, 0.25) is 0 Å². The fourth-order valence-electron chi connectivity index (χ4n) is 2.84. The van der Waals surface area contributed by atoms with Gasteiger partial charge in [-0.25, -0.2) is 14.1 Å². The minimum atomic E-state index is -0.565. The van der Waals surface area contributed by atoms with Gasteiger partial charge in [0.2, 0.25) is 5.82 Å². The standard InChI is InChI=1S/C21H16FN5O2S/c1-23-20(28)15-5-2-3-6-16(15)24-21(29)18-25-19(17-7-4-12-30-17)27(26-18)14-10-8-13(22)9-11-14/h2-12H,1H3,(H,23,28)(H,24,29). The van der Waals surface area contributed by atoms with Gasteiger partial charge in [-0.3, -0.25) is 9.59 Å². The minimum Gasteiger partial charge on any atom is -0.355 e. The first-order valence-corrected chi connectivity index (χ1v) is 9.84. The van der Waals surface area contributed by atoms with Crippen LogP contribution in [0.25, 0.3) is 16.4 Å². The van der Waals surface area contributed by atoms with Gasteiger partial charge in [0.25, 0.3) is 11.8 Å². The van der Waals surface area contributed by atoms with Gasteiger partial charge >= 0.3 is 0 Å². The van der Waals surface area contributed by atoms with Gasteiger partial charge in [0.05, 0.1) is 21.8 Å². The molecule has 0 spiro atoms. The SMILES string of the molecule is CNC(=O)c1ccccc1NC(=O)c1nc(-c2cccs2)n(-c2ccc(F)cc2)n1. The smallest absolute Gasteiger partial charge is 0.295 e. The molecule has 0 atom stereocenters. The second-order valence-electron chi connectivity index (χ2n) is 6.20. The first-order chi connectivity index (χ1) is 14.6. The molecule has 0 bridgehead atoms. The van der Waals surface area contributed by atoms with E-state index in [-0.39, 0.29) is 17.5 Å². The number of hydrogen-bond donors (Lipinski definition) is 2. The number of nitrogens with zero attached hydrogens (tertiary/aromatic N) is 3.